The number of pyridine rings is 1. The zero-order chi connectivity index (χ0) is 10.1. The Balaban J connectivity index is 2.32. The maximum Gasteiger partial charge on any atom is 0.229 e. The molecule has 3 nitrogen and oxygen atoms in total. The molecule has 1 aromatic rings. The van der Waals surface area contributed by atoms with Crippen molar-refractivity contribution in [1.29, 1.82) is 0 Å². The van der Waals surface area contributed by atoms with Gasteiger partial charge in [0, 0.05) is 24.0 Å². The molecule has 1 atom stereocenters. The van der Waals surface area contributed by atoms with E-state index in [2.05, 4.69) is 20.9 Å². The Morgan fingerprint density at radius 1 is 1.64 bits per heavy atom. The number of aromatic nitrogens is 1. The van der Waals surface area contributed by atoms with Crippen molar-refractivity contribution in [3.63, 3.8) is 0 Å². The van der Waals surface area contributed by atoms with E-state index in [1.165, 1.54) is 23.2 Å². The Morgan fingerprint density at radius 3 is 3.00 bits per heavy atom. The van der Waals surface area contributed by atoms with Crippen molar-refractivity contribution in [2.75, 3.05) is 11.4 Å². The second-order valence-corrected chi connectivity index (χ2v) is 4.41. The lowest BCUT2D eigenvalue weighted by Gasteiger charge is -2.14. The van der Waals surface area contributed by atoms with Gasteiger partial charge in [-0.2, -0.15) is 0 Å². The minimum absolute atomic E-state index is 0.0931. The molecule has 1 unspecified atom stereocenters. The van der Waals surface area contributed by atoms with Crippen molar-refractivity contribution in [3.8, 4) is 0 Å². The molecule has 0 aliphatic carbocycles. The van der Waals surface area contributed by atoms with Crippen LogP contribution in [0.1, 0.15) is 6.42 Å². The van der Waals surface area contributed by atoms with E-state index < -0.39 is 5.82 Å². The third-order valence-electron chi connectivity index (χ3n) is 2.07. The molecular weight excluding hydrogens is 251 g/mol. The second kappa shape index (κ2) is 3.65. The van der Waals surface area contributed by atoms with Crippen LogP contribution < -0.4 is 4.90 Å². The standard InChI is InChI=1S/C9H8BrFN2O/c10-6-4-8(14)13(5-6)9-7(11)2-1-3-12-9/h1-3,6H,4-5H2. The highest BCUT2D eigenvalue weighted by molar-refractivity contribution is 9.09. The number of hydrogen-bond acceptors (Lipinski definition) is 2. The van der Waals surface area contributed by atoms with Crippen LogP contribution >= 0.6 is 15.9 Å². The second-order valence-electron chi connectivity index (χ2n) is 3.11. The molecule has 0 radical (unpaired) electrons. The number of anilines is 1. The van der Waals surface area contributed by atoms with Gasteiger partial charge in [-0.1, -0.05) is 15.9 Å². The van der Waals surface area contributed by atoms with Crippen LogP contribution in [0.15, 0.2) is 18.3 Å². The summed E-state index contributed by atoms with van der Waals surface area (Å²) >= 11 is 3.33. The Bertz CT molecular complexity index is 372. The first-order chi connectivity index (χ1) is 6.68. The molecule has 1 aliphatic heterocycles. The molecular formula is C9H8BrFN2O. The predicted octanol–water partition coefficient (Wildman–Crippen LogP) is 1.72. The Hall–Kier alpha value is -0.970. The SMILES string of the molecule is O=C1CC(Br)CN1c1ncccc1F. The highest BCUT2D eigenvalue weighted by Gasteiger charge is 2.30. The number of halogens is 2. The number of alkyl halides is 1. The van der Waals surface area contributed by atoms with E-state index in [9.17, 15) is 9.18 Å². The maximum absolute atomic E-state index is 13.3. The van der Waals surface area contributed by atoms with E-state index in [0.717, 1.165) is 0 Å². The molecule has 2 heterocycles. The molecule has 0 N–H and O–H groups in total. The van der Waals surface area contributed by atoms with E-state index >= 15 is 0 Å². The summed E-state index contributed by atoms with van der Waals surface area (Å²) in [6, 6.07) is 2.81. The zero-order valence-corrected chi connectivity index (χ0v) is 8.87. The first-order valence-corrected chi connectivity index (χ1v) is 5.15. The largest absolute Gasteiger partial charge is 0.293 e. The number of rotatable bonds is 1. The number of carbonyl (C=O) groups is 1. The summed E-state index contributed by atoms with van der Waals surface area (Å²) in [6.45, 7) is 0.479. The predicted molar refractivity (Wildman–Crippen MR) is 53.9 cm³/mol. The normalized spacial score (nSPS) is 21.7. The minimum Gasteiger partial charge on any atom is -0.293 e. The van der Waals surface area contributed by atoms with Crippen molar-refractivity contribution >= 4 is 27.7 Å². The van der Waals surface area contributed by atoms with Gasteiger partial charge in [0.2, 0.25) is 5.91 Å². The number of carbonyl (C=O) groups excluding carboxylic acids is 1. The van der Waals surface area contributed by atoms with E-state index in [1.54, 1.807) is 0 Å². The Morgan fingerprint density at radius 2 is 2.43 bits per heavy atom. The quantitative estimate of drug-likeness (QED) is 0.719. The van der Waals surface area contributed by atoms with Crippen molar-refractivity contribution in [2.45, 2.75) is 11.2 Å². The van der Waals surface area contributed by atoms with Crippen LogP contribution in [0.4, 0.5) is 10.2 Å². The van der Waals surface area contributed by atoms with Crippen LogP contribution in [0.2, 0.25) is 0 Å². The van der Waals surface area contributed by atoms with E-state index in [1.807, 2.05) is 0 Å². The fourth-order valence-electron chi connectivity index (χ4n) is 1.44. The topological polar surface area (TPSA) is 33.2 Å². The van der Waals surface area contributed by atoms with Crippen LogP contribution in [-0.2, 0) is 4.79 Å². The van der Waals surface area contributed by atoms with Gasteiger partial charge in [-0.25, -0.2) is 9.37 Å². The zero-order valence-electron chi connectivity index (χ0n) is 7.28. The number of hydrogen-bond donors (Lipinski definition) is 0. The monoisotopic (exact) mass is 258 g/mol. The average Bonchev–Trinajstić information content (AvgIpc) is 2.46. The maximum atomic E-state index is 13.3. The van der Waals surface area contributed by atoms with Gasteiger partial charge in [0.25, 0.3) is 0 Å². The molecule has 1 aliphatic rings. The lowest BCUT2D eigenvalue weighted by molar-refractivity contribution is -0.117. The molecule has 1 aromatic heterocycles. The Kier molecular flexibility index (Phi) is 2.50. The van der Waals surface area contributed by atoms with Crippen LogP contribution in [-0.4, -0.2) is 22.3 Å². The molecule has 1 fully saturated rings. The lowest BCUT2D eigenvalue weighted by Crippen LogP contribution is -2.26. The Labute approximate surface area is 89.1 Å². The molecule has 0 spiro atoms. The van der Waals surface area contributed by atoms with Gasteiger partial charge >= 0.3 is 0 Å². The van der Waals surface area contributed by atoms with Crippen LogP contribution in [0.25, 0.3) is 0 Å². The van der Waals surface area contributed by atoms with Gasteiger partial charge in [0.05, 0.1) is 0 Å². The summed E-state index contributed by atoms with van der Waals surface area (Å²) in [4.78, 5) is 16.7. The summed E-state index contributed by atoms with van der Waals surface area (Å²) in [5, 5.41) is 0. The highest BCUT2D eigenvalue weighted by atomic mass is 79.9. The van der Waals surface area contributed by atoms with Gasteiger partial charge in [0.15, 0.2) is 11.6 Å². The molecule has 0 aromatic carbocycles. The molecule has 0 saturated carbocycles. The highest BCUT2D eigenvalue weighted by Crippen LogP contribution is 2.24. The van der Waals surface area contributed by atoms with Crippen molar-refractivity contribution < 1.29 is 9.18 Å². The fourth-order valence-corrected chi connectivity index (χ4v) is 2.01. The van der Waals surface area contributed by atoms with Crippen molar-refractivity contribution in [2.24, 2.45) is 0 Å². The van der Waals surface area contributed by atoms with Crippen LogP contribution in [0.5, 0.6) is 0 Å². The lowest BCUT2D eigenvalue weighted by atomic mass is 10.4. The molecule has 1 saturated heterocycles. The van der Waals surface area contributed by atoms with Crippen molar-refractivity contribution in [1.82, 2.24) is 4.98 Å². The molecule has 5 heteroatoms. The summed E-state index contributed by atoms with van der Waals surface area (Å²) < 4.78 is 13.3. The van der Waals surface area contributed by atoms with Gasteiger partial charge in [-0.3, -0.25) is 9.69 Å². The number of nitrogens with zero attached hydrogens (tertiary/aromatic N) is 2. The molecule has 1 amide bonds. The van der Waals surface area contributed by atoms with Gasteiger partial charge in [-0.05, 0) is 12.1 Å². The van der Waals surface area contributed by atoms with Gasteiger partial charge in [-0.15, -0.1) is 0 Å². The first-order valence-electron chi connectivity index (χ1n) is 4.23. The third-order valence-corrected chi connectivity index (χ3v) is 2.69. The molecule has 2 rings (SSSR count). The smallest absolute Gasteiger partial charge is 0.229 e. The summed E-state index contributed by atoms with van der Waals surface area (Å²) in [5.74, 6) is -0.425. The van der Waals surface area contributed by atoms with Crippen molar-refractivity contribution in [3.05, 3.63) is 24.1 Å². The van der Waals surface area contributed by atoms with Gasteiger partial charge in [0.1, 0.15) is 0 Å². The average molecular weight is 259 g/mol. The van der Waals surface area contributed by atoms with Crippen LogP contribution in [0.3, 0.4) is 0 Å². The van der Waals surface area contributed by atoms with Crippen LogP contribution in [0, 0.1) is 5.82 Å². The van der Waals surface area contributed by atoms with Gasteiger partial charge < -0.3 is 0 Å². The number of amides is 1. The molecule has 0 bridgehead atoms. The third kappa shape index (κ3) is 1.64. The molecule has 14 heavy (non-hydrogen) atoms. The van der Waals surface area contributed by atoms with E-state index in [0.29, 0.717) is 13.0 Å². The van der Waals surface area contributed by atoms with E-state index in [4.69, 9.17) is 0 Å². The summed E-state index contributed by atoms with van der Waals surface area (Å²) in [5.41, 5.74) is 0. The van der Waals surface area contributed by atoms with E-state index in [-0.39, 0.29) is 16.6 Å². The summed E-state index contributed by atoms with van der Waals surface area (Å²) in [7, 11) is 0. The molecule has 74 valence electrons. The first kappa shape index (κ1) is 9.58. The fraction of sp³-hybridized carbons (Fsp3) is 0.333. The summed E-state index contributed by atoms with van der Waals surface area (Å²) in [6.07, 6.45) is 1.88. The minimum atomic E-state index is -0.456.